The van der Waals surface area contributed by atoms with E-state index in [-0.39, 0.29) is 17.7 Å². The number of aromatic nitrogens is 3. The zero-order chi connectivity index (χ0) is 19.9. The predicted octanol–water partition coefficient (Wildman–Crippen LogP) is 1.29. The number of likely N-dealkylation sites (tertiary alicyclic amines) is 2. The number of thiazole rings is 1. The fraction of sp³-hybridized carbons (Fsp3) is 0.579. The standard InChI is InChI=1S/C19H25N5O3S/c1-13-21-16(10-28-13)17(25)24-8-14(15-9-22(2)12-20-15)19(11-24)4-5-23(18(19)26)6-7-27-3/h9-10,12,14H,4-8,11H2,1-3H3/t14-,19+/m0/s1. The lowest BCUT2D eigenvalue weighted by Gasteiger charge is -2.27. The van der Waals surface area contributed by atoms with Crippen molar-refractivity contribution >= 4 is 23.2 Å². The molecule has 4 heterocycles. The minimum atomic E-state index is -0.622. The minimum absolute atomic E-state index is 0.102. The summed E-state index contributed by atoms with van der Waals surface area (Å²) in [6.45, 7) is 4.55. The number of imidazole rings is 1. The van der Waals surface area contributed by atoms with Gasteiger partial charge >= 0.3 is 0 Å². The SMILES string of the molecule is COCCN1CC[C@]2(CN(C(=O)c3csc(C)n3)C[C@H]2c2cn(C)cn2)C1=O. The molecule has 2 aliphatic heterocycles. The summed E-state index contributed by atoms with van der Waals surface area (Å²) in [6, 6.07) is 0. The van der Waals surface area contributed by atoms with E-state index in [1.54, 1.807) is 23.7 Å². The van der Waals surface area contributed by atoms with E-state index in [9.17, 15) is 9.59 Å². The highest BCUT2D eigenvalue weighted by Gasteiger charge is 2.58. The van der Waals surface area contributed by atoms with Crippen LogP contribution in [0.1, 0.15) is 33.5 Å². The Balaban J connectivity index is 1.65. The Bertz CT molecular complexity index is 894. The first-order chi connectivity index (χ1) is 13.4. The average molecular weight is 404 g/mol. The van der Waals surface area contributed by atoms with Crippen LogP contribution in [0.25, 0.3) is 0 Å². The van der Waals surface area contributed by atoms with E-state index < -0.39 is 5.41 Å². The first-order valence-corrected chi connectivity index (χ1v) is 10.3. The Labute approximate surface area is 168 Å². The monoisotopic (exact) mass is 403 g/mol. The van der Waals surface area contributed by atoms with Gasteiger partial charge in [0.2, 0.25) is 5.91 Å². The fourth-order valence-corrected chi connectivity index (χ4v) is 5.01. The molecule has 4 rings (SSSR count). The Kier molecular flexibility index (Phi) is 4.96. The van der Waals surface area contributed by atoms with E-state index in [2.05, 4.69) is 9.97 Å². The number of amides is 2. The number of ether oxygens (including phenoxy) is 1. The molecule has 0 aliphatic carbocycles. The van der Waals surface area contributed by atoms with Crippen molar-refractivity contribution in [2.45, 2.75) is 19.3 Å². The number of hydrogen-bond acceptors (Lipinski definition) is 6. The number of carbonyl (C=O) groups is 2. The summed E-state index contributed by atoms with van der Waals surface area (Å²) in [5.41, 5.74) is 0.707. The largest absolute Gasteiger partial charge is 0.383 e. The van der Waals surface area contributed by atoms with Gasteiger partial charge in [0.25, 0.3) is 5.91 Å². The second-order valence-electron chi connectivity index (χ2n) is 7.65. The van der Waals surface area contributed by atoms with E-state index >= 15 is 0 Å². The van der Waals surface area contributed by atoms with Gasteiger partial charge in [-0.3, -0.25) is 9.59 Å². The normalized spacial score (nSPS) is 24.7. The van der Waals surface area contributed by atoms with Crippen LogP contribution >= 0.6 is 11.3 Å². The van der Waals surface area contributed by atoms with Crippen LogP contribution in [0.3, 0.4) is 0 Å². The van der Waals surface area contributed by atoms with E-state index in [0.29, 0.717) is 38.5 Å². The summed E-state index contributed by atoms with van der Waals surface area (Å²) in [7, 11) is 3.55. The number of carbonyl (C=O) groups excluding carboxylic acids is 2. The summed E-state index contributed by atoms with van der Waals surface area (Å²) in [6.07, 6.45) is 4.43. The third-order valence-corrected chi connectivity index (χ3v) is 6.63. The molecular formula is C19H25N5O3S. The molecule has 28 heavy (non-hydrogen) atoms. The molecule has 150 valence electrons. The minimum Gasteiger partial charge on any atom is -0.383 e. The van der Waals surface area contributed by atoms with Crippen LogP contribution < -0.4 is 0 Å². The first kappa shape index (κ1) is 19.1. The Morgan fingerprint density at radius 3 is 2.93 bits per heavy atom. The van der Waals surface area contributed by atoms with E-state index in [4.69, 9.17) is 4.74 Å². The molecule has 2 amide bonds. The highest BCUT2D eigenvalue weighted by Crippen LogP contribution is 2.49. The van der Waals surface area contributed by atoms with Gasteiger partial charge in [-0.05, 0) is 13.3 Å². The molecule has 0 saturated carbocycles. The molecule has 2 aromatic heterocycles. The molecule has 8 nitrogen and oxygen atoms in total. The summed E-state index contributed by atoms with van der Waals surface area (Å²) in [4.78, 5) is 39.0. The number of nitrogens with zero attached hydrogens (tertiary/aromatic N) is 5. The summed E-state index contributed by atoms with van der Waals surface area (Å²) in [5.74, 6) is -0.118. The number of methoxy groups -OCH3 is 1. The molecule has 0 radical (unpaired) electrons. The van der Waals surface area contributed by atoms with Crippen molar-refractivity contribution in [2.24, 2.45) is 12.5 Å². The van der Waals surface area contributed by atoms with E-state index in [0.717, 1.165) is 17.1 Å². The maximum atomic E-state index is 13.4. The van der Waals surface area contributed by atoms with E-state index in [1.807, 2.05) is 29.6 Å². The van der Waals surface area contributed by atoms with Crippen LogP contribution in [0.15, 0.2) is 17.9 Å². The van der Waals surface area contributed by atoms with Gasteiger partial charge < -0.3 is 19.1 Å². The van der Waals surface area contributed by atoms with Crippen LogP contribution in [0.5, 0.6) is 0 Å². The van der Waals surface area contributed by atoms with Crippen molar-refractivity contribution in [3.05, 3.63) is 34.3 Å². The Morgan fingerprint density at radius 1 is 1.46 bits per heavy atom. The first-order valence-electron chi connectivity index (χ1n) is 9.42. The maximum absolute atomic E-state index is 13.4. The van der Waals surface area contributed by atoms with E-state index in [1.165, 1.54) is 11.3 Å². The van der Waals surface area contributed by atoms with Crippen LogP contribution in [-0.2, 0) is 16.6 Å². The van der Waals surface area contributed by atoms with Gasteiger partial charge in [0.15, 0.2) is 0 Å². The van der Waals surface area contributed by atoms with Crippen LogP contribution in [-0.4, -0.2) is 76.0 Å². The van der Waals surface area contributed by atoms with Crippen LogP contribution in [0.4, 0.5) is 0 Å². The molecular weight excluding hydrogens is 378 g/mol. The third kappa shape index (κ3) is 3.12. The zero-order valence-corrected chi connectivity index (χ0v) is 17.2. The average Bonchev–Trinajstić information content (AvgIpc) is 3.43. The summed E-state index contributed by atoms with van der Waals surface area (Å²) < 4.78 is 7.04. The molecule has 0 bridgehead atoms. The van der Waals surface area contributed by atoms with Gasteiger partial charge in [-0.2, -0.15) is 0 Å². The predicted molar refractivity (Wildman–Crippen MR) is 104 cm³/mol. The van der Waals surface area contributed by atoms with Gasteiger partial charge in [0.1, 0.15) is 5.69 Å². The lowest BCUT2D eigenvalue weighted by atomic mass is 9.75. The van der Waals surface area contributed by atoms with Gasteiger partial charge in [0, 0.05) is 57.8 Å². The molecule has 0 aromatic carbocycles. The van der Waals surface area contributed by atoms with Crippen molar-refractivity contribution in [2.75, 3.05) is 39.9 Å². The summed E-state index contributed by atoms with van der Waals surface area (Å²) in [5, 5.41) is 2.65. The molecule has 9 heteroatoms. The lowest BCUT2D eigenvalue weighted by molar-refractivity contribution is -0.136. The van der Waals surface area contributed by atoms with Crippen molar-refractivity contribution in [1.29, 1.82) is 0 Å². The van der Waals surface area contributed by atoms with Crippen molar-refractivity contribution < 1.29 is 14.3 Å². The Morgan fingerprint density at radius 2 is 2.29 bits per heavy atom. The van der Waals surface area contributed by atoms with Gasteiger partial charge in [-0.1, -0.05) is 0 Å². The molecule has 0 N–H and O–H groups in total. The Hall–Kier alpha value is -2.26. The summed E-state index contributed by atoms with van der Waals surface area (Å²) >= 11 is 1.46. The number of rotatable bonds is 5. The topological polar surface area (TPSA) is 80.6 Å². The number of aryl methyl sites for hydroxylation is 2. The smallest absolute Gasteiger partial charge is 0.273 e. The van der Waals surface area contributed by atoms with Gasteiger partial charge in [-0.25, -0.2) is 9.97 Å². The molecule has 0 unspecified atom stereocenters. The second-order valence-corrected chi connectivity index (χ2v) is 8.71. The van der Waals surface area contributed by atoms with Gasteiger partial charge in [0.05, 0.1) is 29.1 Å². The highest BCUT2D eigenvalue weighted by molar-refractivity contribution is 7.09. The van der Waals surface area contributed by atoms with Crippen LogP contribution in [0, 0.1) is 12.3 Å². The van der Waals surface area contributed by atoms with Crippen molar-refractivity contribution in [3.8, 4) is 0 Å². The zero-order valence-electron chi connectivity index (χ0n) is 16.4. The molecule has 1 spiro atoms. The molecule has 2 atom stereocenters. The lowest BCUT2D eigenvalue weighted by Crippen LogP contribution is -2.41. The molecule has 2 fully saturated rings. The molecule has 2 aromatic rings. The highest BCUT2D eigenvalue weighted by atomic mass is 32.1. The number of hydrogen-bond donors (Lipinski definition) is 0. The third-order valence-electron chi connectivity index (χ3n) is 5.86. The van der Waals surface area contributed by atoms with Crippen molar-refractivity contribution in [3.63, 3.8) is 0 Å². The maximum Gasteiger partial charge on any atom is 0.273 e. The quantitative estimate of drug-likeness (QED) is 0.752. The van der Waals surface area contributed by atoms with Gasteiger partial charge in [-0.15, -0.1) is 11.3 Å². The molecule has 2 aliphatic rings. The second kappa shape index (κ2) is 7.29. The van der Waals surface area contributed by atoms with Crippen molar-refractivity contribution in [1.82, 2.24) is 24.3 Å². The molecule has 2 saturated heterocycles. The fourth-order valence-electron chi connectivity index (χ4n) is 4.42. The van der Waals surface area contributed by atoms with Crippen LogP contribution in [0.2, 0.25) is 0 Å².